The van der Waals surface area contributed by atoms with Crippen LogP contribution in [0.15, 0.2) is 18.2 Å². The number of carbonyl (C=O) groups is 2. The summed E-state index contributed by atoms with van der Waals surface area (Å²) < 4.78 is 12.5. The summed E-state index contributed by atoms with van der Waals surface area (Å²) in [6, 6.07) is 5.28. The van der Waals surface area contributed by atoms with Crippen LogP contribution < -0.4 is 11.1 Å². The number of nitrogens with two attached hydrogens (primary N) is 1. The normalized spacial score (nSPS) is 11.5. The lowest BCUT2D eigenvalue weighted by molar-refractivity contribution is 0.0496. The number of fused-ring (bicyclic) bond motifs is 1. The van der Waals surface area contributed by atoms with E-state index in [0.29, 0.717) is 31.9 Å². The molecule has 0 bridgehead atoms. The number of rotatable bonds is 7. The van der Waals surface area contributed by atoms with E-state index in [1.807, 2.05) is 33.8 Å². The third kappa shape index (κ3) is 5.45. The number of amides is 2. The summed E-state index contributed by atoms with van der Waals surface area (Å²) >= 11 is 0. The van der Waals surface area contributed by atoms with Crippen molar-refractivity contribution in [1.82, 2.24) is 15.1 Å². The fourth-order valence-corrected chi connectivity index (χ4v) is 2.46. The van der Waals surface area contributed by atoms with Gasteiger partial charge >= 0.3 is 6.09 Å². The molecule has 2 amide bonds. The molecule has 3 N–H and O–H groups in total. The molecule has 1 aromatic heterocycles. The molecule has 2 rings (SSSR count). The highest BCUT2D eigenvalue weighted by atomic mass is 16.6. The van der Waals surface area contributed by atoms with Gasteiger partial charge in [-0.2, -0.15) is 5.10 Å². The Kier molecular flexibility index (Phi) is 6.20. The largest absolute Gasteiger partial charge is 0.444 e. The highest BCUT2D eigenvalue weighted by molar-refractivity contribution is 5.97. The number of benzene rings is 1. The van der Waals surface area contributed by atoms with E-state index >= 15 is 0 Å². The molecule has 0 aliphatic rings. The van der Waals surface area contributed by atoms with Crippen molar-refractivity contribution in [3.8, 4) is 0 Å². The molecule has 1 aromatic carbocycles. The number of aromatic nitrogens is 2. The first-order valence-corrected chi connectivity index (χ1v) is 8.49. The van der Waals surface area contributed by atoms with E-state index in [1.165, 1.54) is 0 Å². The van der Waals surface area contributed by atoms with Gasteiger partial charge in [-0.3, -0.25) is 9.48 Å². The monoisotopic (exact) mass is 362 g/mol. The van der Waals surface area contributed by atoms with Crippen molar-refractivity contribution < 1.29 is 19.1 Å². The van der Waals surface area contributed by atoms with Crippen LogP contribution in [0, 0.1) is 6.92 Å². The van der Waals surface area contributed by atoms with Crippen LogP contribution in [-0.4, -0.2) is 47.1 Å². The average Bonchev–Trinajstić information content (AvgIpc) is 2.85. The van der Waals surface area contributed by atoms with Crippen molar-refractivity contribution in [2.24, 2.45) is 5.73 Å². The smallest absolute Gasteiger partial charge is 0.407 e. The number of nitrogens with one attached hydrogen (secondary N) is 1. The molecule has 8 nitrogen and oxygen atoms in total. The molecule has 26 heavy (non-hydrogen) atoms. The molecule has 0 aliphatic carbocycles. The fourth-order valence-electron chi connectivity index (χ4n) is 2.46. The quantitative estimate of drug-likeness (QED) is 0.732. The Balaban J connectivity index is 1.82. The molecule has 0 saturated carbocycles. The standard InChI is InChI=1S/C18H26N4O4/c1-12-14-6-5-13(16(19)23)11-15(14)22(21-12)8-10-25-9-7-20-17(24)26-18(2,3)4/h5-6,11H,7-10H2,1-4H3,(H2,19,23)(H,20,24). The topological polar surface area (TPSA) is 108 Å². The van der Waals surface area contributed by atoms with Crippen molar-refractivity contribution in [2.45, 2.75) is 39.8 Å². The first kappa shape index (κ1) is 19.7. The van der Waals surface area contributed by atoms with Crippen LogP contribution in [0.1, 0.15) is 36.8 Å². The molecule has 0 radical (unpaired) electrons. The van der Waals surface area contributed by atoms with Crippen molar-refractivity contribution >= 4 is 22.9 Å². The van der Waals surface area contributed by atoms with Crippen molar-refractivity contribution in [1.29, 1.82) is 0 Å². The molecule has 8 heteroatoms. The summed E-state index contributed by atoms with van der Waals surface area (Å²) in [5, 5.41) is 8.08. The number of hydrogen-bond donors (Lipinski definition) is 2. The summed E-state index contributed by atoms with van der Waals surface area (Å²) in [5.41, 5.74) is 6.99. The summed E-state index contributed by atoms with van der Waals surface area (Å²) in [4.78, 5) is 22.9. The lowest BCUT2D eigenvalue weighted by atomic mass is 10.1. The van der Waals surface area contributed by atoms with Crippen molar-refractivity contribution in [3.05, 3.63) is 29.5 Å². The third-order valence-corrected chi connectivity index (χ3v) is 3.58. The minimum atomic E-state index is -0.520. The SMILES string of the molecule is Cc1nn(CCOCCNC(=O)OC(C)(C)C)c2cc(C(N)=O)ccc12. The maximum absolute atomic E-state index is 11.5. The molecule has 0 atom stereocenters. The first-order chi connectivity index (χ1) is 12.2. The molecule has 0 aliphatic heterocycles. The molecule has 0 saturated heterocycles. The van der Waals surface area contributed by atoms with Gasteiger partial charge in [0, 0.05) is 17.5 Å². The molecule has 2 aromatic rings. The van der Waals surface area contributed by atoms with Gasteiger partial charge in [0.05, 0.1) is 31.0 Å². The van der Waals surface area contributed by atoms with E-state index < -0.39 is 17.6 Å². The number of carbonyl (C=O) groups excluding carboxylic acids is 2. The van der Waals surface area contributed by atoms with Crippen LogP contribution in [-0.2, 0) is 16.0 Å². The molecule has 1 heterocycles. The van der Waals surface area contributed by atoms with E-state index in [0.717, 1.165) is 16.6 Å². The number of nitrogens with zero attached hydrogens (tertiary/aromatic N) is 2. The van der Waals surface area contributed by atoms with Gasteiger partial charge in [-0.15, -0.1) is 0 Å². The third-order valence-electron chi connectivity index (χ3n) is 3.58. The van der Waals surface area contributed by atoms with Crippen molar-refractivity contribution in [3.63, 3.8) is 0 Å². The van der Waals surface area contributed by atoms with E-state index in [2.05, 4.69) is 10.4 Å². The first-order valence-electron chi connectivity index (χ1n) is 8.49. The summed E-state index contributed by atoms with van der Waals surface area (Å²) in [7, 11) is 0. The number of aryl methyl sites for hydroxylation is 1. The zero-order valence-corrected chi connectivity index (χ0v) is 15.7. The van der Waals surface area contributed by atoms with Gasteiger partial charge in [-0.1, -0.05) is 6.07 Å². The predicted octanol–water partition coefficient (Wildman–Crippen LogP) is 1.98. The molecule has 0 spiro atoms. The van der Waals surface area contributed by atoms with Gasteiger partial charge in [0.2, 0.25) is 5.91 Å². The molecule has 0 fully saturated rings. The fraction of sp³-hybridized carbons (Fsp3) is 0.500. The molecular formula is C18H26N4O4. The summed E-state index contributed by atoms with van der Waals surface area (Å²) in [6.45, 7) is 9.01. The van der Waals surface area contributed by atoms with Gasteiger partial charge in [-0.25, -0.2) is 4.79 Å². The van der Waals surface area contributed by atoms with Crippen LogP contribution in [0.5, 0.6) is 0 Å². The maximum atomic E-state index is 11.5. The van der Waals surface area contributed by atoms with Gasteiger partial charge in [0.1, 0.15) is 5.60 Å². The van der Waals surface area contributed by atoms with Gasteiger partial charge < -0.3 is 20.5 Å². The highest BCUT2D eigenvalue weighted by Crippen LogP contribution is 2.19. The number of primary amides is 1. The van der Waals surface area contributed by atoms with Crippen LogP contribution in [0.25, 0.3) is 10.9 Å². The molecule has 142 valence electrons. The second-order valence-corrected chi connectivity index (χ2v) is 6.95. The second-order valence-electron chi connectivity index (χ2n) is 6.95. The molecular weight excluding hydrogens is 336 g/mol. The van der Waals surface area contributed by atoms with Crippen LogP contribution in [0.2, 0.25) is 0 Å². The Morgan fingerprint density at radius 2 is 2.00 bits per heavy atom. The highest BCUT2D eigenvalue weighted by Gasteiger charge is 2.15. The summed E-state index contributed by atoms with van der Waals surface area (Å²) in [6.07, 6.45) is -0.464. The van der Waals surface area contributed by atoms with Gasteiger partial charge in [0.15, 0.2) is 0 Å². The Morgan fingerprint density at radius 3 is 2.65 bits per heavy atom. The van der Waals surface area contributed by atoms with Gasteiger partial charge in [-0.05, 0) is 39.8 Å². The van der Waals surface area contributed by atoms with E-state index in [-0.39, 0.29) is 0 Å². The Labute approximate surface area is 152 Å². The van der Waals surface area contributed by atoms with Gasteiger partial charge in [0.25, 0.3) is 0 Å². The lowest BCUT2D eigenvalue weighted by Crippen LogP contribution is -2.34. The number of hydrogen-bond acceptors (Lipinski definition) is 5. The minimum Gasteiger partial charge on any atom is -0.444 e. The number of alkyl carbamates (subject to hydrolysis) is 1. The van der Waals surface area contributed by atoms with Crippen LogP contribution in [0.3, 0.4) is 0 Å². The maximum Gasteiger partial charge on any atom is 0.407 e. The van der Waals surface area contributed by atoms with E-state index in [9.17, 15) is 9.59 Å². The average molecular weight is 362 g/mol. The zero-order chi connectivity index (χ0) is 19.3. The zero-order valence-electron chi connectivity index (χ0n) is 15.7. The minimum absolute atomic E-state index is 0.361. The van der Waals surface area contributed by atoms with E-state index in [1.54, 1.807) is 16.8 Å². The lowest BCUT2D eigenvalue weighted by Gasteiger charge is -2.19. The predicted molar refractivity (Wildman–Crippen MR) is 98.0 cm³/mol. The van der Waals surface area contributed by atoms with Crippen molar-refractivity contribution in [2.75, 3.05) is 19.8 Å². The Bertz CT molecular complexity index is 792. The van der Waals surface area contributed by atoms with E-state index in [4.69, 9.17) is 15.2 Å². The summed E-state index contributed by atoms with van der Waals surface area (Å²) in [5.74, 6) is -0.471. The Hall–Kier alpha value is -2.61. The Morgan fingerprint density at radius 1 is 1.27 bits per heavy atom. The van der Waals surface area contributed by atoms with Crippen LogP contribution >= 0.6 is 0 Å². The second kappa shape index (κ2) is 8.18. The number of ether oxygens (including phenoxy) is 2. The van der Waals surface area contributed by atoms with Crippen LogP contribution in [0.4, 0.5) is 4.79 Å². The molecule has 0 unspecified atom stereocenters.